The molecule has 0 bridgehead atoms. The zero-order valence-corrected chi connectivity index (χ0v) is 9.95. The van der Waals surface area contributed by atoms with Crippen molar-refractivity contribution in [2.24, 2.45) is 5.41 Å². The molecule has 0 aromatic heterocycles. The van der Waals surface area contributed by atoms with Gasteiger partial charge in [0.2, 0.25) is 5.91 Å². The van der Waals surface area contributed by atoms with Crippen molar-refractivity contribution in [2.75, 3.05) is 26.7 Å². The number of carbonyl (C=O) groups excluding carboxylic acids is 1. The molecular formula is C11H20N2O3. The van der Waals surface area contributed by atoms with E-state index in [9.17, 15) is 14.7 Å². The molecule has 1 aliphatic heterocycles. The molecule has 1 rings (SSSR count). The highest BCUT2D eigenvalue weighted by molar-refractivity contribution is 5.81. The highest BCUT2D eigenvalue weighted by atomic mass is 16.4. The summed E-state index contributed by atoms with van der Waals surface area (Å²) < 4.78 is 0. The number of likely N-dealkylation sites (tertiary alicyclic amines) is 1. The van der Waals surface area contributed by atoms with Crippen LogP contribution in [-0.4, -0.2) is 48.6 Å². The van der Waals surface area contributed by atoms with Crippen molar-refractivity contribution in [1.82, 2.24) is 10.2 Å². The molecule has 1 aliphatic rings. The lowest BCUT2D eigenvalue weighted by Gasteiger charge is -2.24. The summed E-state index contributed by atoms with van der Waals surface area (Å²) in [5, 5.41) is 12.1. The van der Waals surface area contributed by atoms with E-state index in [1.54, 1.807) is 11.9 Å². The second-order valence-corrected chi connectivity index (χ2v) is 4.43. The molecule has 1 heterocycles. The molecule has 5 nitrogen and oxygen atoms in total. The van der Waals surface area contributed by atoms with Crippen LogP contribution >= 0.6 is 0 Å². The number of rotatable bonds is 5. The van der Waals surface area contributed by atoms with Gasteiger partial charge in [-0.3, -0.25) is 9.59 Å². The summed E-state index contributed by atoms with van der Waals surface area (Å²) in [7, 11) is 1.71. The van der Waals surface area contributed by atoms with Crippen LogP contribution in [0.4, 0.5) is 0 Å². The van der Waals surface area contributed by atoms with Crippen molar-refractivity contribution in [3.05, 3.63) is 0 Å². The number of hydrogen-bond acceptors (Lipinski definition) is 3. The van der Waals surface area contributed by atoms with Gasteiger partial charge in [0.1, 0.15) is 0 Å². The number of carboxylic acids is 1. The molecule has 1 fully saturated rings. The van der Waals surface area contributed by atoms with Crippen molar-refractivity contribution in [3.63, 3.8) is 0 Å². The van der Waals surface area contributed by atoms with Crippen LogP contribution in [0.25, 0.3) is 0 Å². The second kappa shape index (κ2) is 5.30. The van der Waals surface area contributed by atoms with Crippen molar-refractivity contribution >= 4 is 11.9 Å². The van der Waals surface area contributed by atoms with Crippen LogP contribution in [0, 0.1) is 5.41 Å². The van der Waals surface area contributed by atoms with Gasteiger partial charge in [-0.2, -0.15) is 0 Å². The summed E-state index contributed by atoms with van der Waals surface area (Å²) in [4.78, 5) is 24.6. The Balaban J connectivity index is 2.66. The van der Waals surface area contributed by atoms with E-state index in [4.69, 9.17) is 0 Å². The summed E-state index contributed by atoms with van der Waals surface area (Å²) in [5.74, 6) is -0.782. The van der Waals surface area contributed by atoms with Gasteiger partial charge >= 0.3 is 5.97 Å². The zero-order valence-electron chi connectivity index (χ0n) is 9.95. The molecule has 0 radical (unpaired) electrons. The van der Waals surface area contributed by atoms with E-state index in [-0.39, 0.29) is 12.5 Å². The molecule has 0 saturated carbocycles. The molecule has 0 aliphatic carbocycles. The van der Waals surface area contributed by atoms with Gasteiger partial charge in [0.25, 0.3) is 0 Å². The average molecular weight is 228 g/mol. The lowest BCUT2D eigenvalue weighted by molar-refractivity contribution is -0.149. The van der Waals surface area contributed by atoms with E-state index in [1.807, 2.05) is 6.92 Å². The topological polar surface area (TPSA) is 69.6 Å². The predicted molar refractivity (Wildman–Crippen MR) is 60.1 cm³/mol. The Morgan fingerprint density at radius 3 is 2.69 bits per heavy atom. The maximum atomic E-state index is 11.6. The summed E-state index contributed by atoms with van der Waals surface area (Å²) >= 11 is 0. The zero-order chi connectivity index (χ0) is 12.2. The molecule has 0 aromatic carbocycles. The number of nitrogens with zero attached hydrogens (tertiary/aromatic N) is 1. The lowest BCUT2D eigenvalue weighted by atomic mass is 9.83. The standard InChI is InChI=1S/C11H20N2O3/c1-3-4-11(10(15)16)5-6-13(8-11)9(14)7-12-2/h12H,3-8H2,1-2H3,(H,15,16). The quantitative estimate of drug-likeness (QED) is 0.710. The van der Waals surface area contributed by atoms with Gasteiger partial charge < -0.3 is 15.3 Å². The van der Waals surface area contributed by atoms with Gasteiger partial charge in [0.15, 0.2) is 0 Å². The molecule has 0 spiro atoms. The SMILES string of the molecule is CCCC1(C(=O)O)CCN(C(=O)CNC)C1. The largest absolute Gasteiger partial charge is 0.481 e. The van der Waals surface area contributed by atoms with Crippen LogP contribution in [-0.2, 0) is 9.59 Å². The first-order valence-corrected chi connectivity index (χ1v) is 5.71. The maximum absolute atomic E-state index is 11.6. The van der Waals surface area contributed by atoms with E-state index in [1.165, 1.54) is 0 Å². The average Bonchev–Trinajstić information content (AvgIpc) is 2.64. The number of nitrogens with one attached hydrogen (secondary N) is 1. The number of carboxylic acid groups (broad SMARTS) is 1. The Bertz CT molecular complexity index is 280. The second-order valence-electron chi connectivity index (χ2n) is 4.43. The van der Waals surface area contributed by atoms with Crippen LogP contribution in [0.5, 0.6) is 0 Å². The molecule has 2 N–H and O–H groups in total. The third-order valence-electron chi connectivity index (χ3n) is 3.22. The highest BCUT2D eigenvalue weighted by Crippen LogP contribution is 2.35. The van der Waals surface area contributed by atoms with Crippen LogP contribution < -0.4 is 5.32 Å². The van der Waals surface area contributed by atoms with E-state index in [0.29, 0.717) is 25.9 Å². The Labute approximate surface area is 95.8 Å². The smallest absolute Gasteiger partial charge is 0.311 e. The van der Waals surface area contributed by atoms with E-state index < -0.39 is 11.4 Å². The highest BCUT2D eigenvalue weighted by Gasteiger charge is 2.45. The Morgan fingerprint density at radius 1 is 1.50 bits per heavy atom. The Hall–Kier alpha value is -1.10. The van der Waals surface area contributed by atoms with Gasteiger partial charge in [-0.25, -0.2) is 0 Å². The van der Waals surface area contributed by atoms with Gasteiger partial charge in [0, 0.05) is 13.1 Å². The molecule has 1 saturated heterocycles. The van der Waals surface area contributed by atoms with E-state index >= 15 is 0 Å². The maximum Gasteiger partial charge on any atom is 0.311 e. The summed E-state index contributed by atoms with van der Waals surface area (Å²) in [6.45, 7) is 3.17. The molecule has 1 amide bonds. The van der Waals surface area contributed by atoms with Gasteiger partial charge in [-0.15, -0.1) is 0 Å². The molecule has 1 unspecified atom stereocenters. The normalized spacial score (nSPS) is 24.8. The Kier molecular flexibility index (Phi) is 4.29. The first-order chi connectivity index (χ1) is 7.55. The minimum absolute atomic E-state index is 0.0123. The van der Waals surface area contributed by atoms with Gasteiger partial charge in [-0.05, 0) is 19.9 Å². The Morgan fingerprint density at radius 2 is 2.19 bits per heavy atom. The van der Waals surface area contributed by atoms with E-state index in [2.05, 4.69) is 5.32 Å². The van der Waals surface area contributed by atoms with Crippen LogP contribution in [0.3, 0.4) is 0 Å². The fraction of sp³-hybridized carbons (Fsp3) is 0.818. The fourth-order valence-electron chi connectivity index (χ4n) is 2.31. The monoisotopic (exact) mass is 228 g/mol. The minimum atomic E-state index is -0.769. The third-order valence-corrected chi connectivity index (χ3v) is 3.22. The number of carbonyl (C=O) groups is 2. The van der Waals surface area contributed by atoms with Crippen molar-refractivity contribution in [1.29, 1.82) is 0 Å². The summed E-state index contributed by atoms with van der Waals surface area (Å²) in [5.41, 5.74) is -0.710. The molecule has 1 atom stereocenters. The van der Waals surface area contributed by atoms with Crippen molar-refractivity contribution < 1.29 is 14.7 Å². The minimum Gasteiger partial charge on any atom is -0.481 e. The fourth-order valence-corrected chi connectivity index (χ4v) is 2.31. The van der Waals surface area contributed by atoms with Crippen LogP contribution in [0.1, 0.15) is 26.2 Å². The molecule has 16 heavy (non-hydrogen) atoms. The van der Waals surface area contributed by atoms with Crippen molar-refractivity contribution in [3.8, 4) is 0 Å². The number of amides is 1. The van der Waals surface area contributed by atoms with Crippen LogP contribution in [0.2, 0.25) is 0 Å². The molecule has 92 valence electrons. The number of hydrogen-bond donors (Lipinski definition) is 2. The van der Waals surface area contributed by atoms with Crippen LogP contribution in [0.15, 0.2) is 0 Å². The van der Waals surface area contributed by atoms with Gasteiger partial charge in [-0.1, -0.05) is 13.3 Å². The predicted octanol–water partition coefficient (Wildman–Crippen LogP) is 0.309. The first-order valence-electron chi connectivity index (χ1n) is 5.71. The van der Waals surface area contributed by atoms with Crippen molar-refractivity contribution in [2.45, 2.75) is 26.2 Å². The molecule has 0 aromatic rings. The lowest BCUT2D eigenvalue weighted by Crippen LogP contribution is -2.39. The number of likely N-dealkylation sites (N-methyl/N-ethyl adjacent to an activating group) is 1. The van der Waals surface area contributed by atoms with Gasteiger partial charge in [0.05, 0.1) is 12.0 Å². The van der Waals surface area contributed by atoms with E-state index in [0.717, 1.165) is 6.42 Å². The number of aliphatic carboxylic acids is 1. The summed E-state index contributed by atoms with van der Waals surface area (Å²) in [6.07, 6.45) is 2.05. The summed E-state index contributed by atoms with van der Waals surface area (Å²) in [6, 6.07) is 0. The first kappa shape index (κ1) is 13.0. The third kappa shape index (κ3) is 2.52. The molecular weight excluding hydrogens is 208 g/mol. The molecule has 5 heteroatoms.